The van der Waals surface area contributed by atoms with Crippen molar-refractivity contribution in [3.05, 3.63) is 0 Å². The van der Waals surface area contributed by atoms with Crippen LogP contribution in [0.2, 0.25) is 0 Å². The molecule has 0 spiro atoms. The van der Waals surface area contributed by atoms with E-state index in [2.05, 4.69) is 12.2 Å². The van der Waals surface area contributed by atoms with Gasteiger partial charge in [0.15, 0.2) is 0 Å². The first-order valence-electron chi connectivity index (χ1n) is 7.09. The zero-order valence-electron chi connectivity index (χ0n) is 11.9. The molecule has 0 aromatic heterocycles. The van der Waals surface area contributed by atoms with E-state index < -0.39 is 11.5 Å². The highest BCUT2D eigenvalue weighted by Crippen LogP contribution is 2.26. The highest BCUT2D eigenvalue weighted by molar-refractivity contribution is 5.78. The molecule has 2 N–H and O–H groups in total. The van der Waals surface area contributed by atoms with Gasteiger partial charge in [0.25, 0.3) is 0 Å². The van der Waals surface area contributed by atoms with Crippen molar-refractivity contribution in [3.8, 4) is 0 Å². The third-order valence-electron chi connectivity index (χ3n) is 4.01. The Morgan fingerprint density at radius 1 is 1.44 bits per heavy atom. The summed E-state index contributed by atoms with van der Waals surface area (Å²) >= 11 is 0. The lowest BCUT2D eigenvalue weighted by Crippen LogP contribution is -2.50. The molecule has 0 aromatic rings. The van der Waals surface area contributed by atoms with Gasteiger partial charge < -0.3 is 15.2 Å². The molecule has 1 aliphatic rings. The summed E-state index contributed by atoms with van der Waals surface area (Å²) in [6, 6.07) is 0. The maximum Gasteiger partial charge on any atom is 0.323 e. The number of hydrogen-bond donors (Lipinski definition) is 2. The summed E-state index contributed by atoms with van der Waals surface area (Å²) in [6.45, 7) is 7.05. The first kappa shape index (κ1) is 15.4. The smallest absolute Gasteiger partial charge is 0.323 e. The van der Waals surface area contributed by atoms with E-state index in [4.69, 9.17) is 4.74 Å². The van der Waals surface area contributed by atoms with Crippen LogP contribution in [0.1, 0.15) is 52.9 Å². The van der Waals surface area contributed by atoms with E-state index in [1.807, 2.05) is 6.92 Å². The van der Waals surface area contributed by atoms with Gasteiger partial charge in [0.1, 0.15) is 5.54 Å². The Hall–Kier alpha value is -0.610. The van der Waals surface area contributed by atoms with Crippen molar-refractivity contribution in [1.29, 1.82) is 0 Å². The summed E-state index contributed by atoms with van der Waals surface area (Å²) in [7, 11) is 0. The van der Waals surface area contributed by atoms with E-state index >= 15 is 0 Å². The van der Waals surface area contributed by atoms with Crippen molar-refractivity contribution in [3.63, 3.8) is 0 Å². The minimum Gasteiger partial charge on any atom is -0.480 e. The first-order chi connectivity index (χ1) is 8.49. The molecule has 106 valence electrons. The molecule has 0 aromatic carbocycles. The van der Waals surface area contributed by atoms with Gasteiger partial charge in [0.2, 0.25) is 0 Å². The highest BCUT2D eigenvalue weighted by Gasteiger charge is 2.32. The average molecular weight is 257 g/mol. The van der Waals surface area contributed by atoms with Crippen LogP contribution in [-0.4, -0.2) is 35.9 Å². The summed E-state index contributed by atoms with van der Waals surface area (Å²) < 4.78 is 5.88. The number of hydrogen-bond acceptors (Lipinski definition) is 3. The van der Waals surface area contributed by atoms with Crippen molar-refractivity contribution in [1.82, 2.24) is 5.32 Å². The van der Waals surface area contributed by atoms with Crippen LogP contribution in [0.15, 0.2) is 0 Å². The molecule has 1 rings (SSSR count). The molecule has 18 heavy (non-hydrogen) atoms. The van der Waals surface area contributed by atoms with Gasteiger partial charge in [-0.15, -0.1) is 0 Å². The van der Waals surface area contributed by atoms with Gasteiger partial charge in [-0.05, 0) is 38.6 Å². The van der Waals surface area contributed by atoms with Crippen LogP contribution in [0.5, 0.6) is 0 Å². The van der Waals surface area contributed by atoms with E-state index in [9.17, 15) is 9.90 Å². The number of ether oxygens (including phenoxy) is 1. The van der Waals surface area contributed by atoms with E-state index in [-0.39, 0.29) is 0 Å². The zero-order chi connectivity index (χ0) is 13.6. The summed E-state index contributed by atoms with van der Waals surface area (Å²) in [4.78, 5) is 11.2. The molecule has 1 aliphatic carbocycles. The molecule has 0 aliphatic heterocycles. The standard InChI is InChI=1S/C14H27NO3/c1-4-15-14(3,13(16)17)9-10-18-12-8-6-5-7-11(12)2/h11-12,15H,4-10H2,1-3H3,(H,16,17). The van der Waals surface area contributed by atoms with Gasteiger partial charge >= 0.3 is 5.97 Å². The van der Waals surface area contributed by atoms with Gasteiger partial charge in [-0.2, -0.15) is 0 Å². The molecule has 0 heterocycles. The molecule has 1 saturated carbocycles. The van der Waals surface area contributed by atoms with Gasteiger partial charge in [0, 0.05) is 6.61 Å². The van der Waals surface area contributed by atoms with Crippen LogP contribution in [0.4, 0.5) is 0 Å². The van der Waals surface area contributed by atoms with Crippen molar-refractivity contribution >= 4 is 5.97 Å². The van der Waals surface area contributed by atoms with Gasteiger partial charge in [-0.1, -0.05) is 26.7 Å². The number of carboxylic acid groups (broad SMARTS) is 1. The predicted octanol–water partition coefficient (Wildman–Crippen LogP) is 2.42. The fraction of sp³-hybridized carbons (Fsp3) is 0.929. The Labute approximate surface area is 110 Å². The quantitative estimate of drug-likeness (QED) is 0.735. The Morgan fingerprint density at radius 3 is 2.67 bits per heavy atom. The van der Waals surface area contributed by atoms with Crippen molar-refractivity contribution in [2.75, 3.05) is 13.2 Å². The van der Waals surface area contributed by atoms with E-state index in [0.29, 0.717) is 31.6 Å². The molecule has 3 unspecified atom stereocenters. The Kier molecular flexibility index (Phi) is 6.09. The fourth-order valence-electron chi connectivity index (χ4n) is 2.61. The third kappa shape index (κ3) is 4.25. The molecule has 0 radical (unpaired) electrons. The monoisotopic (exact) mass is 257 g/mol. The van der Waals surface area contributed by atoms with Crippen LogP contribution in [0, 0.1) is 5.92 Å². The summed E-state index contributed by atoms with van der Waals surface area (Å²) in [5.74, 6) is -0.196. The van der Waals surface area contributed by atoms with Gasteiger partial charge in [-0.3, -0.25) is 4.79 Å². The minimum absolute atomic E-state index is 0.318. The fourth-order valence-corrected chi connectivity index (χ4v) is 2.61. The number of aliphatic carboxylic acids is 1. The average Bonchev–Trinajstić information content (AvgIpc) is 2.32. The Bertz CT molecular complexity index is 270. The first-order valence-corrected chi connectivity index (χ1v) is 7.09. The number of nitrogens with one attached hydrogen (secondary N) is 1. The van der Waals surface area contributed by atoms with E-state index in [1.165, 1.54) is 19.3 Å². The van der Waals surface area contributed by atoms with E-state index in [1.54, 1.807) is 6.92 Å². The summed E-state index contributed by atoms with van der Waals surface area (Å²) in [5, 5.41) is 12.3. The Balaban J connectivity index is 2.36. The van der Waals surface area contributed by atoms with Gasteiger partial charge in [0.05, 0.1) is 6.10 Å². The Morgan fingerprint density at radius 2 is 2.11 bits per heavy atom. The lowest BCUT2D eigenvalue weighted by atomic mass is 9.88. The molecule has 4 nitrogen and oxygen atoms in total. The largest absolute Gasteiger partial charge is 0.480 e. The zero-order valence-corrected chi connectivity index (χ0v) is 11.9. The molecular formula is C14H27NO3. The maximum atomic E-state index is 11.2. The van der Waals surface area contributed by atoms with Crippen molar-refractivity contribution in [2.45, 2.75) is 64.5 Å². The highest BCUT2D eigenvalue weighted by atomic mass is 16.5. The molecule has 0 saturated heterocycles. The molecule has 1 fully saturated rings. The summed E-state index contributed by atoms with van der Waals surface area (Å²) in [6.07, 6.45) is 5.71. The molecule has 0 amide bonds. The number of likely N-dealkylation sites (N-methyl/N-ethyl adjacent to an activating group) is 1. The molecule has 4 heteroatoms. The topological polar surface area (TPSA) is 58.6 Å². The predicted molar refractivity (Wildman–Crippen MR) is 71.7 cm³/mol. The van der Waals surface area contributed by atoms with Crippen LogP contribution in [0.3, 0.4) is 0 Å². The maximum absolute atomic E-state index is 11.2. The second kappa shape index (κ2) is 7.10. The molecule has 0 bridgehead atoms. The van der Waals surface area contributed by atoms with Gasteiger partial charge in [-0.25, -0.2) is 0 Å². The van der Waals surface area contributed by atoms with Crippen LogP contribution in [0.25, 0.3) is 0 Å². The summed E-state index contributed by atoms with van der Waals surface area (Å²) in [5.41, 5.74) is -0.868. The lowest BCUT2D eigenvalue weighted by molar-refractivity contribution is -0.145. The third-order valence-corrected chi connectivity index (χ3v) is 4.01. The minimum atomic E-state index is -0.868. The van der Waals surface area contributed by atoms with Crippen LogP contribution >= 0.6 is 0 Å². The van der Waals surface area contributed by atoms with Crippen molar-refractivity contribution in [2.24, 2.45) is 5.92 Å². The van der Waals surface area contributed by atoms with Crippen molar-refractivity contribution < 1.29 is 14.6 Å². The number of carboxylic acids is 1. The van der Waals surface area contributed by atoms with E-state index in [0.717, 1.165) is 6.42 Å². The molecule has 3 atom stereocenters. The molecular weight excluding hydrogens is 230 g/mol. The number of carbonyl (C=O) groups is 1. The SMILES string of the molecule is CCNC(C)(CCOC1CCCCC1C)C(=O)O. The normalized spacial score (nSPS) is 27.7. The van der Waals surface area contributed by atoms with Crippen LogP contribution < -0.4 is 5.32 Å². The lowest BCUT2D eigenvalue weighted by Gasteiger charge is -2.31. The second-order valence-electron chi connectivity index (χ2n) is 5.59. The van der Waals surface area contributed by atoms with Crippen LogP contribution in [-0.2, 0) is 9.53 Å². The number of rotatable bonds is 7. The second-order valence-corrected chi connectivity index (χ2v) is 5.59.